The molecule has 3 rings (SSSR count). The summed E-state index contributed by atoms with van der Waals surface area (Å²) in [5.41, 5.74) is 4.55. The van der Waals surface area contributed by atoms with E-state index in [4.69, 9.17) is 0 Å². The van der Waals surface area contributed by atoms with Gasteiger partial charge in [0.05, 0.1) is 5.75 Å². The normalized spacial score (nSPS) is 10.5. The van der Waals surface area contributed by atoms with Gasteiger partial charge in [-0.25, -0.2) is 0 Å². The first-order chi connectivity index (χ1) is 12.6. The molecular weight excluding hydrogens is 364 g/mol. The highest BCUT2D eigenvalue weighted by molar-refractivity contribution is 8.01. The Balaban J connectivity index is 1.47. The molecule has 0 radical (unpaired) electrons. The molecule has 134 valence electrons. The van der Waals surface area contributed by atoms with Crippen molar-refractivity contribution < 1.29 is 4.79 Å². The van der Waals surface area contributed by atoms with Crippen LogP contribution < -0.4 is 10.6 Å². The van der Waals surface area contributed by atoms with Gasteiger partial charge in [0.1, 0.15) is 0 Å². The molecule has 0 spiro atoms. The molecule has 1 amide bonds. The molecule has 7 heteroatoms. The fourth-order valence-corrected chi connectivity index (χ4v) is 3.84. The maximum Gasteiger partial charge on any atom is 0.230 e. The molecule has 1 heterocycles. The van der Waals surface area contributed by atoms with Crippen molar-refractivity contribution in [2.75, 3.05) is 11.1 Å². The number of carbonyl (C=O) groups is 1. The fourth-order valence-electron chi connectivity index (χ4n) is 2.24. The number of carbonyl (C=O) groups excluding carboxylic acids is 1. The molecule has 5 nitrogen and oxygen atoms in total. The van der Waals surface area contributed by atoms with Crippen molar-refractivity contribution in [3.05, 3.63) is 65.2 Å². The number of benzene rings is 2. The van der Waals surface area contributed by atoms with Crippen LogP contribution in [0.4, 0.5) is 10.8 Å². The Morgan fingerprint density at radius 3 is 2.65 bits per heavy atom. The van der Waals surface area contributed by atoms with Crippen molar-refractivity contribution in [1.82, 2.24) is 15.5 Å². The van der Waals surface area contributed by atoms with Gasteiger partial charge in [-0.05, 0) is 42.7 Å². The van der Waals surface area contributed by atoms with Gasteiger partial charge >= 0.3 is 0 Å². The van der Waals surface area contributed by atoms with E-state index in [0.29, 0.717) is 12.3 Å². The smallest absolute Gasteiger partial charge is 0.230 e. The van der Waals surface area contributed by atoms with E-state index in [1.54, 1.807) is 0 Å². The zero-order chi connectivity index (χ0) is 18.4. The molecule has 0 bridgehead atoms. The molecule has 2 aromatic carbocycles. The number of amides is 1. The molecule has 0 aliphatic heterocycles. The van der Waals surface area contributed by atoms with Gasteiger partial charge in [-0.3, -0.25) is 4.79 Å². The van der Waals surface area contributed by atoms with E-state index in [9.17, 15) is 4.79 Å². The van der Waals surface area contributed by atoms with Gasteiger partial charge in [0.2, 0.25) is 11.0 Å². The van der Waals surface area contributed by atoms with E-state index in [2.05, 4.69) is 46.8 Å². The average Bonchev–Trinajstić information content (AvgIpc) is 3.09. The van der Waals surface area contributed by atoms with Gasteiger partial charge in [0, 0.05) is 12.2 Å². The van der Waals surface area contributed by atoms with Crippen LogP contribution in [0.2, 0.25) is 0 Å². The summed E-state index contributed by atoms with van der Waals surface area (Å²) in [6.07, 6.45) is 0. The van der Waals surface area contributed by atoms with Crippen molar-refractivity contribution in [2.24, 2.45) is 0 Å². The van der Waals surface area contributed by atoms with Crippen LogP contribution in [-0.4, -0.2) is 21.9 Å². The van der Waals surface area contributed by atoms with Gasteiger partial charge in [-0.15, -0.1) is 10.2 Å². The monoisotopic (exact) mass is 384 g/mol. The zero-order valence-electron chi connectivity index (χ0n) is 14.7. The Bertz CT molecular complexity index is 880. The maximum atomic E-state index is 12.0. The highest BCUT2D eigenvalue weighted by Crippen LogP contribution is 2.28. The summed E-state index contributed by atoms with van der Waals surface area (Å²) >= 11 is 2.84. The number of hydrogen-bond acceptors (Lipinski definition) is 6. The molecule has 0 atom stereocenters. The predicted molar refractivity (Wildman–Crippen MR) is 108 cm³/mol. The molecule has 3 aromatic rings. The second kappa shape index (κ2) is 8.82. The van der Waals surface area contributed by atoms with E-state index >= 15 is 0 Å². The number of aryl methyl sites for hydroxylation is 2. The number of rotatable bonds is 7. The van der Waals surface area contributed by atoms with Crippen molar-refractivity contribution in [3.8, 4) is 0 Å². The van der Waals surface area contributed by atoms with Gasteiger partial charge in [0.25, 0.3) is 0 Å². The van der Waals surface area contributed by atoms with E-state index in [-0.39, 0.29) is 5.91 Å². The van der Waals surface area contributed by atoms with Crippen LogP contribution in [-0.2, 0) is 11.3 Å². The highest BCUT2D eigenvalue weighted by Gasteiger charge is 2.09. The standard InChI is InChI=1S/C19H20N4OS2/c1-13-8-9-16(10-14(13)2)21-18-22-23-19(26-18)25-12-17(24)20-11-15-6-4-3-5-7-15/h3-10H,11-12H2,1-2H3,(H,20,24)(H,21,22). The molecule has 2 N–H and O–H groups in total. The number of hydrogen-bond donors (Lipinski definition) is 2. The van der Waals surface area contributed by atoms with E-state index in [1.165, 1.54) is 34.2 Å². The van der Waals surface area contributed by atoms with Crippen molar-refractivity contribution in [3.63, 3.8) is 0 Å². The summed E-state index contributed by atoms with van der Waals surface area (Å²) < 4.78 is 0.770. The van der Waals surface area contributed by atoms with Gasteiger partial charge in [0.15, 0.2) is 4.34 Å². The summed E-state index contributed by atoms with van der Waals surface area (Å²) in [6, 6.07) is 16.0. The summed E-state index contributed by atoms with van der Waals surface area (Å²) in [5.74, 6) is 0.309. The lowest BCUT2D eigenvalue weighted by atomic mass is 10.1. The number of anilines is 2. The molecule has 0 aliphatic rings. The van der Waals surface area contributed by atoms with Gasteiger partial charge in [-0.2, -0.15) is 0 Å². The molecular formula is C19H20N4OS2. The first kappa shape index (κ1) is 18.4. The average molecular weight is 385 g/mol. The summed E-state index contributed by atoms with van der Waals surface area (Å²) in [6.45, 7) is 4.70. The van der Waals surface area contributed by atoms with Gasteiger partial charge in [-0.1, -0.05) is 59.5 Å². The summed E-state index contributed by atoms with van der Waals surface area (Å²) in [4.78, 5) is 12.0. The summed E-state index contributed by atoms with van der Waals surface area (Å²) in [5, 5.41) is 15.2. The molecule has 1 aromatic heterocycles. The molecule has 26 heavy (non-hydrogen) atoms. The largest absolute Gasteiger partial charge is 0.351 e. The first-order valence-electron chi connectivity index (χ1n) is 8.21. The van der Waals surface area contributed by atoms with Crippen LogP contribution in [0, 0.1) is 13.8 Å². The summed E-state index contributed by atoms with van der Waals surface area (Å²) in [7, 11) is 0. The SMILES string of the molecule is Cc1ccc(Nc2nnc(SCC(=O)NCc3ccccc3)s2)cc1C. The quantitative estimate of drug-likeness (QED) is 0.594. The number of nitrogens with zero attached hydrogens (tertiary/aromatic N) is 2. The number of thioether (sulfide) groups is 1. The Morgan fingerprint density at radius 1 is 1.08 bits per heavy atom. The van der Waals surface area contributed by atoms with Crippen LogP contribution >= 0.6 is 23.1 Å². The lowest BCUT2D eigenvalue weighted by molar-refractivity contribution is -0.118. The zero-order valence-corrected chi connectivity index (χ0v) is 16.3. The minimum absolute atomic E-state index is 0.0160. The molecule has 0 saturated carbocycles. The molecule has 0 aliphatic carbocycles. The van der Waals surface area contributed by atoms with Crippen molar-refractivity contribution in [2.45, 2.75) is 24.7 Å². The Morgan fingerprint density at radius 2 is 1.88 bits per heavy atom. The number of aromatic nitrogens is 2. The topological polar surface area (TPSA) is 66.9 Å². The van der Waals surface area contributed by atoms with Gasteiger partial charge < -0.3 is 10.6 Å². The Labute approximate surface area is 161 Å². The minimum atomic E-state index is -0.0160. The first-order valence-corrected chi connectivity index (χ1v) is 10.0. The minimum Gasteiger partial charge on any atom is -0.351 e. The van der Waals surface area contributed by atoms with E-state index in [1.807, 2.05) is 36.4 Å². The van der Waals surface area contributed by atoms with Crippen LogP contribution in [0.1, 0.15) is 16.7 Å². The molecule has 0 saturated heterocycles. The predicted octanol–water partition coefficient (Wildman–Crippen LogP) is 4.31. The van der Waals surface area contributed by atoms with E-state index < -0.39 is 0 Å². The van der Waals surface area contributed by atoms with Crippen LogP contribution in [0.5, 0.6) is 0 Å². The lowest BCUT2D eigenvalue weighted by Crippen LogP contribution is -2.24. The third kappa shape index (κ3) is 5.31. The second-order valence-corrected chi connectivity index (χ2v) is 8.05. The van der Waals surface area contributed by atoms with Crippen LogP contribution in [0.15, 0.2) is 52.9 Å². The molecule has 0 unspecified atom stereocenters. The van der Waals surface area contributed by atoms with Crippen LogP contribution in [0.25, 0.3) is 0 Å². The van der Waals surface area contributed by atoms with Crippen molar-refractivity contribution >= 4 is 39.8 Å². The lowest BCUT2D eigenvalue weighted by Gasteiger charge is -2.05. The van der Waals surface area contributed by atoms with Crippen molar-refractivity contribution in [1.29, 1.82) is 0 Å². The maximum absolute atomic E-state index is 12.0. The fraction of sp³-hybridized carbons (Fsp3) is 0.211. The van der Waals surface area contributed by atoms with Crippen LogP contribution in [0.3, 0.4) is 0 Å². The number of nitrogens with one attached hydrogen (secondary N) is 2. The Kier molecular flexibility index (Phi) is 6.25. The third-order valence-corrected chi connectivity index (χ3v) is 5.80. The van der Waals surface area contributed by atoms with E-state index in [0.717, 1.165) is 20.7 Å². The highest BCUT2D eigenvalue weighted by atomic mass is 32.2. The Hall–Kier alpha value is -2.38. The second-order valence-electron chi connectivity index (χ2n) is 5.85. The third-order valence-electron chi connectivity index (χ3n) is 3.82. The molecule has 0 fully saturated rings.